The molecule has 2 rings (SSSR count). The van der Waals surface area contributed by atoms with Crippen molar-refractivity contribution >= 4 is 12.4 Å². The van der Waals surface area contributed by atoms with E-state index in [1.807, 2.05) is 0 Å². The van der Waals surface area contributed by atoms with E-state index >= 15 is 0 Å². The van der Waals surface area contributed by atoms with Gasteiger partial charge in [0.25, 0.3) is 0 Å². The van der Waals surface area contributed by atoms with Gasteiger partial charge in [-0.15, -0.1) is 12.4 Å². The molecular formula is C15H25ClN2. The van der Waals surface area contributed by atoms with Gasteiger partial charge in [0.15, 0.2) is 0 Å². The molecule has 1 unspecified atom stereocenters. The number of nitrogens with one attached hydrogen (secondary N) is 1. The van der Waals surface area contributed by atoms with Gasteiger partial charge in [0.2, 0.25) is 0 Å². The topological polar surface area (TPSA) is 15.3 Å². The predicted molar refractivity (Wildman–Crippen MR) is 80.4 cm³/mol. The lowest BCUT2D eigenvalue weighted by molar-refractivity contribution is 0.166. The summed E-state index contributed by atoms with van der Waals surface area (Å²) in [6, 6.07) is 8.75. The lowest BCUT2D eigenvalue weighted by atomic mass is 9.97. The Morgan fingerprint density at radius 1 is 1.33 bits per heavy atom. The van der Waals surface area contributed by atoms with Crippen molar-refractivity contribution < 1.29 is 0 Å². The van der Waals surface area contributed by atoms with Gasteiger partial charge in [-0.1, -0.05) is 24.3 Å². The van der Waals surface area contributed by atoms with Gasteiger partial charge in [0, 0.05) is 13.1 Å². The Morgan fingerprint density at radius 2 is 2.11 bits per heavy atom. The van der Waals surface area contributed by atoms with Crippen LogP contribution in [-0.4, -0.2) is 31.6 Å². The monoisotopic (exact) mass is 268 g/mol. The van der Waals surface area contributed by atoms with Crippen molar-refractivity contribution in [2.24, 2.45) is 5.92 Å². The summed E-state index contributed by atoms with van der Waals surface area (Å²) in [6.45, 7) is 6.99. The van der Waals surface area contributed by atoms with Crippen LogP contribution in [0.25, 0.3) is 0 Å². The zero-order chi connectivity index (χ0) is 12.1. The van der Waals surface area contributed by atoms with Crippen LogP contribution < -0.4 is 5.32 Å². The second-order valence-electron chi connectivity index (χ2n) is 5.23. The zero-order valence-corrected chi connectivity index (χ0v) is 12.3. The summed E-state index contributed by atoms with van der Waals surface area (Å²) in [4.78, 5) is 2.60. The highest BCUT2D eigenvalue weighted by atomic mass is 35.5. The van der Waals surface area contributed by atoms with Crippen LogP contribution in [0.4, 0.5) is 0 Å². The highest BCUT2D eigenvalue weighted by molar-refractivity contribution is 5.85. The summed E-state index contributed by atoms with van der Waals surface area (Å²) in [7, 11) is 2.06. The molecule has 0 radical (unpaired) electrons. The summed E-state index contributed by atoms with van der Waals surface area (Å²) >= 11 is 0. The second kappa shape index (κ2) is 7.78. The van der Waals surface area contributed by atoms with Gasteiger partial charge in [-0.3, -0.25) is 4.90 Å². The van der Waals surface area contributed by atoms with Gasteiger partial charge in [-0.2, -0.15) is 0 Å². The normalized spacial score (nSPS) is 20.4. The molecule has 1 aliphatic rings. The Balaban J connectivity index is 0.00000162. The van der Waals surface area contributed by atoms with Crippen molar-refractivity contribution in [1.29, 1.82) is 0 Å². The summed E-state index contributed by atoms with van der Waals surface area (Å²) in [5.74, 6) is 0.831. The predicted octanol–water partition coefficient (Wildman–Crippen LogP) is 2.85. The van der Waals surface area contributed by atoms with Crippen molar-refractivity contribution in [3.05, 3.63) is 35.4 Å². The quantitative estimate of drug-likeness (QED) is 0.903. The van der Waals surface area contributed by atoms with E-state index in [1.165, 1.54) is 37.1 Å². The molecule has 0 aromatic heterocycles. The van der Waals surface area contributed by atoms with Crippen molar-refractivity contribution in [2.75, 3.05) is 26.7 Å². The van der Waals surface area contributed by atoms with Crippen molar-refractivity contribution in [3.8, 4) is 0 Å². The Kier molecular flexibility index (Phi) is 6.69. The first-order valence-electron chi connectivity index (χ1n) is 6.71. The molecule has 1 aliphatic heterocycles. The molecule has 1 saturated heterocycles. The van der Waals surface area contributed by atoms with Crippen LogP contribution in [0.2, 0.25) is 0 Å². The fraction of sp³-hybridized carbons (Fsp3) is 0.600. The zero-order valence-electron chi connectivity index (χ0n) is 11.5. The number of benzene rings is 1. The molecule has 3 heteroatoms. The number of hydrogen-bond donors (Lipinski definition) is 1. The maximum absolute atomic E-state index is 3.31. The minimum atomic E-state index is 0. The first kappa shape index (κ1) is 15.5. The first-order chi connectivity index (χ1) is 8.29. The van der Waals surface area contributed by atoms with Crippen molar-refractivity contribution in [1.82, 2.24) is 10.2 Å². The molecule has 2 nitrogen and oxygen atoms in total. The van der Waals surface area contributed by atoms with E-state index in [4.69, 9.17) is 0 Å². The Bertz CT molecular complexity index is 352. The molecule has 1 atom stereocenters. The molecule has 18 heavy (non-hydrogen) atoms. The van der Waals surface area contributed by atoms with E-state index < -0.39 is 0 Å². The molecule has 1 heterocycles. The maximum atomic E-state index is 3.31. The van der Waals surface area contributed by atoms with Crippen LogP contribution in [0.3, 0.4) is 0 Å². The molecule has 0 amide bonds. The molecule has 0 bridgehead atoms. The number of nitrogens with zero attached hydrogens (tertiary/aromatic N) is 1. The largest absolute Gasteiger partial charge is 0.319 e. The number of aryl methyl sites for hydroxylation is 1. The van der Waals surface area contributed by atoms with E-state index in [2.05, 4.69) is 48.5 Å². The van der Waals surface area contributed by atoms with Gasteiger partial charge in [0.1, 0.15) is 0 Å². The number of rotatable bonds is 4. The third-order valence-corrected chi connectivity index (χ3v) is 3.75. The lowest BCUT2D eigenvalue weighted by Crippen LogP contribution is -2.38. The maximum Gasteiger partial charge on any atom is 0.0236 e. The highest BCUT2D eigenvalue weighted by Gasteiger charge is 2.19. The third kappa shape index (κ3) is 4.27. The molecule has 102 valence electrons. The minimum Gasteiger partial charge on any atom is -0.319 e. The van der Waals surface area contributed by atoms with Crippen LogP contribution in [0.5, 0.6) is 0 Å². The molecular weight excluding hydrogens is 244 g/mol. The van der Waals surface area contributed by atoms with Crippen LogP contribution in [0, 0.1) is 12.8 Å². The van der Waals surface area contributed by atoms with Gasteiger partial charge in [0.05, 0.1) is 0 Å². The SMILES string of the molecule is CNCC1CCCN(Cc2ccccc2C)C1.Cl. The summed E-state index contributed by atoms with van der Waals surface area (Å²) in [5, 5.41) is 3.31. The average molecular weight is 269 g/mol. The smallest absolute Gasteiger partial charge is 0.0236 e. The van der Waals surface area contributed by atoms with Gasteiger partial charge in [-0.05, 0) is 56.9 Å². The second-order valence-corrected chi connectivity index (χ2v) is 5.23. The Hall–Kier alpha value is -0.570. The molecule has 1 aromatic carbocycles. The Labute approximate surface area is 117 Å². The van der Waals surface area contributed by atoms with Gasteiger partial charge in [-0.25, -0.2) is 0 Å². The van der Waals surface area contributed by atoms with Crippen LogP contribution in [0.15, 0.2) is 24.3 Å². The van der Waals surface area contributed by atoms with Crippen molar-refractivity contribution in [3.63, 3.8) is 0 Å². The summed E-state index contributed by atoms with van der Waals surface area (Å²) < 4.78 is 0. The van der Waals surface area contributed by atoms with E-state index in [1.54, 1.807) is 0 Å². The minimum absolute atomic E-state index is 0. The Morgan fingerprint density at radius 3 is 2.83 bits per heavy atom. The number of likely N-dealkylation sites (tertiary alicyclic amines) is 1. The number of piperidine rings is 1. The highest BCUT2D eigenvalue weighted by Crippen LogP contribution is 2.19. The molecule has 0 saturated carbocycles. The van der Waals surface area contributed by atoms with Crippen LogP contribution in [-0.2, 0) is 6.54 Å². The van der Waals surface area contributed by atoms with E-state index in [-0.39, 0.29) is 12.4 Å². The summed E-state index contributed by atoms with van der Waals surface area (Å²) in [6.07, 6.45) is 2.73. The van der Waals surface area contributed by atoms with Gasteiger partial charge >= 0.3 is 0 Å². The molecule has 1 N–H and O–H groups in total. The van der Waals surface area contributed by atoms with Crippen molar-refractivity contribution in [2.45, 2.75) is 26.3 Å². The molecule has 1 aromatic rings. The van der Waals surface area contributed by atoms with E-state index in [0.29, 0.717) is 0 Å². The third-order valence-electron chi connectivity index (χ3n) is 3.75. The van der Waals surface area contributed by atoms with Crippen LogP contribution >= 0.6 is 12.4 Å². The molecule has 1 fully saturated rings. The lowest BCUT2D eigenvalue weighted by Gasteiger charge is -2.33. The average Bonchev–Trinajstić information content (AvgIpc) is 2.33. The fourth-order valence-corrected chi connectivity index (χ4v) is 2.78. The fourth-order valence-electron chi connectivity index (χ4n) is 2.78. The first-order valence-corrected chi connectivity index (χ1v) is 6.71. The molecule has 0 aliphatic carbocycles. The summed E-state index contributed by atoms with van der Waals surface area (Å²) in [5.41, 5.74) is 2.90. The molecule has 0 spiro atoms. The van der Waals surface area contributed by atoms with Gasteiger partial charge < -0.3 is 5.32 Å². The van der Waals surface area contributed by atoms with Crippen LogP contribution in [0.1, 0.15) is 24.0 Å². The van der Waals surface area contributed by atoms with E-state index in [0.717, 1.165) is 19.0 Å². The number of hydrogen-bond acceptors (Lipinski definition) is 2. The standard InChI is InChI=1S/C15H24N2.ClH/c1-13-6-3-4-8-15(13)12-17-9-5-7-14(11-17)10-16-2;/h3-4,6,8,14,16H,5,7,9-12H2,1-2H3;1H. The van der Waals surface area contributed by atoms with E-state index in [9.17, 15) is 0 Å². The number of halogens is 1.